The first-order valence-corrected chi connectivity index (χ1v) is 5.28. The molecule has 1 heterocycles. The van der Waals surface area contributed by atoms with Gasteiger partial charge in [0.05, 0.1) is 5.57 Å². The van der Waals surface area contributed by atoms with Crippen LogP contribution in [0.4, 0.5) is 0 Å². The summed E-state index contributed by atoms with van der Waals surface area (Å²) in [5, 5.41) is 10.9. The molecule has 0 aliphatic carbocycles. The van der Waals surface area contributed by atoms with Crippen LogP contribution in [-0.2, 0) is 4.79 Å². The van der Waals surface area contributed by atoms with E-state index in [1.165, 1.54) is 11.3 Å². The Balaban J connectivity index is 3.10. The van der Waals surface area contributed by atoms with Crippen LogP contribution < -0.4 is 0 Å². The number of rotatable bonds is 2. The van der Waals surface area contributed by atoms with Gasteiger partial charge >= 0.3 is 5.97 Å². The second-order valence-corrected chi connectivity index (χ2v) is 5.15. The Morgan fingerprint density at radius 1 is 1.50 bits per heavy atom. The number of carboxylic acid groups (broad SMARTS) is 1. The fraction of sp³-hybridized carbons (Fsp3) is 0.364. The molecule has 0 saturated heterocycles. The van der Waals surface area contributed by atoms with E-state index in [-0.39, 0.29) is 5.41 Å². The topological polar surface area (TPSA) is 37.3 Å². The van der Waals surface area contributed by atoms with Gasteiger partial charge in [-0.25, -0.2) is 4.79 Å². The van der Waals surface area contributed by atoms with E-state index in [0.29, 0.717) is 5.57 Å². The minimum Gasteiger partial charge on any atom is -0.478 e. The number of allylic oxidation sites excluding steroid dienone is 1. The van der Waals surface area contributed by atoms with Crippen molar-refractivity contribution in [1.82, 2.24) is 0 Å². The van der Waals surface area contributed by atoms with Crippen LogP contribution in [0.25, 0.3) is 5.57 Å². The monoisotopic (exact) mass is 210 g/mol. The molecular formula is C11H14O2S. The SMILES string of the molecule is CC(C)(C)/C=C(/C(=O)O)c1cccs1. The summed E-state index contributed by atoms with van der Waals surface area (Å²) in [5.74, 6) is -0.859. The van der Waals surface area contributed by atoms with E-state index >= 15 is 0 Å². The molecule has 0 spiro atoms. The van der Waals surface area contributed by atoms with Crippen LogP contribution in [0.5, 0.6) is 0 Å². The van der Waals surface area contributed by atoms with Gasteiger partial charge in [0.2, 0.25) is 0 Å². The highest BCUT2D eigenvalue weighted by Crippen LogP contribution is 2.26. The van der Waals surface area contributed by atoms with E-state index in [1.54, 1.807) is 6.08 Å². The third-order valence-electron chi connectivity index (χ3n) is 1.59. The molecule has 0 aliphatic heterocycles. The Kier molecular flexibility index (Phi) is 3.11. The Hall–Kier alpha value is -1.09. The van der Waals surface area contributed by atoms with Crippen molar-refractivity contribution in [3.8, 4) is 0 Å². The smallest absolute Gasteiger partial charge is 0.336 e. The Morgan fingerprint density at radius 3 is 2.50 bits per heavy atom. The number of carbonyl (C=O) groups is 1. The Labute approximate surface area is 87.9 Å². The lowest BCUT2D eigenvalue weighted by Gasteiger charge is -2.13. The summed E-state index contributed by atoms with van der Waals surface area (Å²) in [6.45, 7) is 5.97. The van der Waals surface area contributed by atoms with Crippen molar-refractivity contribution in [3.63, 3.8) is 0 Å². The van der Waals surface area contributed by atoms with Crippen molar-refractivity contribution < 1.29 is 9.90 Å². The van der Waals surface area contributed by atoms with Crippen LogP contribution in [0, 0.1) is 5.41 Å². The van der Waals surface area contributed by atoms with Crippen LogP contribution in [0.3, 0.4) is 0 Å². The van der Waals surface area contributed by atoms with Gasteiger partial charge in [-0.2, -0.15) is 0 Å². The van der Waals surface area contributed by atoms with Gasteiger partial charge < -0.3 is 5.11 Å². The molecule has 0 aliphatic rings. The summed E-state index contributed by atoms with van der Waals surface area (Å²) in [5.41, 5.74) is 0.282. The first-order chi connectivity index (χ1) is 6.40. The van der Waals surface area contributed by atoms with Crippen LogP contribution in [0.2, 0.25) is 0 Å². The molecule has 1 N–H and O–H groups in total. The van der Waals surface area contributed by atoms with Gasteiger partial charge in [-0.1, -0.05) is 32.9 Å². The van der Waals surface area contributed by atoms with Crippen LogP contribution >= 0.6 is 11.3 Å². The van der Waals surface area contributed by atoms with Crippen molar-refractivity contribution in [3.05, 3.63) is 28.5 Å². The largest absolute Gasteiger partial charge is 0.478 e. The van der Waals surface area contributed by atoms with Gasteiger partial charge in [-0.3, -0.25) is 0 Å². The average molecular weight is 210 g/mol. The quantitative estimate of drug-likeness (QED) is 0.761. The van der Waals surface area contributed by atoms with Crippen LogP contribution in [0.15, 0.2) is 23.6 Å². The van der Waals surface area contributed by atoms with E-state index in [4.69, 9.17) is 5.11 Å². The summed E-state index contributed by atoms with van der Waals surface area (Å²) in [6, 6.07) is 3.69. The number of carboxylic acids is 1. The molecule has 1 rings (SSSR count). The molecular weight excluding hydrogens is 196 g/mol. The second kappa shape index (κ2) is 3.96. The van der Waals surface area contributed by atoms with E-state index in [9.17, 15) is 4.79 Å². The summed E-state index contributed by atoms with van der Waals surface area (Å²) in [4.78, 5) is 11.8. The zero-order valence-corrected chi connectivity index (χ0v) is 9.39. The standard InChI is InChI=1S/C11H14O2S/c1-11(2,3)7-8(10(12)13)9-5-4-6-14-9/h4-7H,1-3H3,(H,12,13)/b8-7+. The highest BCUT2D eigenvalue weighted by molar-refractivity contribution is 7.11. The highest BCUT2D eigenvalue weighted by atomic mass is 32.1. The maximum atomic E-state index is 11.0. The maximum Gasteiger partial charge on any atom is 0.336 e. The zero-order valence-electron chi connectivity index (χ0n) is 8.57. The van der Waals surface area contributed by atoms with E-state index in [1.807, 2.05) is 38.3 Å². The molecule has 0 amide bonds. The van der Waals surface area contributed by atoms with Gasteiger partial charge in [-0.15, -0.1) is 11.3 Å². The number of aliphatic carboxylic acids is 1. The lowest BCUT2D eigenvalue weighted by atomic mass is 9.93. The van der Waals surface area contributed by atoms with Crippen LogP contribution in [0.1, 0.15) is 25.6 Å². The van der Waals surface area contributed by atoms with Gasteiger partial charge in [0.1, 0.15) is 0 Å². The summed E-state index contributed by atoms with van der Waals surface area (Å²) in [7, 11) is 0. The zero-order chi connectivity index (χ0) is 10.8. The van der Waals surface area contributed by atoms with Gasteiger partial charge in [0, 0.05) is 4.88 Å². The van der Waals surface area contributed by atoms with Crippen molar-refractivity contribution in [2.45, 2.75) is 20.8 Å². The van der Waals surface area contributed by atoms with Crippen molar-refractivity contribution in [2.24, 2.45) is 5.41 Å². The molecule has 0 fully saturated rings. The molecule has 0 bridgehead atoms. The minimum atomic E-state index is -0.859. The predicted octanol–water partition coefficient (Wildman–Crippen LogP) is 3.26. The molecule has 14 heavy (non-hydrogen) atoms. The lowest BCUT2D eigenvalue weighted by molar-refractivity contribution is -0.130. The first kappa shape index (κ1) is 11.0. The Bertz CT molecular complexity index is 342. The molecule has 0 atom stereocenters. The lowest BCUT2D eigenvalue weighted by Crippen LogP contribution is -2.06. The van der Waals surface area contributed by atoms with Crippen LogP contribution in [-0.4, -0.2) is 11.1 Å². The highest BCUT2D eigenvalue weighted by Gasteiger charge is 2.16. The molecule has 0 unspecified atom stereocenters. The minimum absolute atomic E-state index is 0.113. The maximum absolute atomic E-state index is 11.0. The normalized spacial score (nSPS) is 12.9. The molecule has 1 aromatic heterocycles. The fourth-order valence-corrected chi connectivity index (χ4v) is 1.84. The first-order valence-electron chi connectivity index (χ1n) is 4.40. The van der Waals surface area contributed by atoms with Crippen molar-refractivity contribution in [2.75, 3.05) is 0 Å². The number of hydrogen-bond acceptors (Lipinski definition) is 2. The molecule has 76 valence electrons. The summed E-state index contributed by atoms with van der Waals surface area (Å²) >= 11 is 1.45. The summed E-state index contributed by atoms with van der Waals surface area (Å²) in [6.07, 6.45) is 1.79. The third kappa shape index (κ3) is 3.00. The molecule has 3 heteroatoms. The average Bonchev–Trinajstić information content (AvgIpc) is 2.49. The van der Waals surface area contributed by atoms with Gasteiger partial charge in [-0.05, 0) is 16.9 Å². The summed E-state index contributed by atoms with van der Waals surface area (Å²) < 4.78 is 0. The number of hydrogen-bond donors (Lipinski definition) is 1. The molecule has 0 saturated carbocycles. The Morgan fingerprint density at radius 2 is 2.14 bits per heavy atom. The second-order valence-electron chi connectivity index (χ2n) is 4.21. The fourth-order valence-electron chi connectivity index (χ4n) is 1.10. The van der Waals surface area contributed by atoms with E-state index in [0.717, 1.165) is 4.88 Å². The van der Waals surface area contributed by atoms with E-state index < -0.39 is 5.97 Å². The number of thiophene rings is 1. The predicted molar refractivity (Wildman–Crippen MR) is 59.4 cm³/mol. The van der Waals surface area contributed by atoms with Crippen molar-refractivity contribution in [1.29, 1.82) is 0 Å². The molecule has 0 aromatic carbocycles. The molecule has 0 radical (unpaired) electrons. The van der Waals surface area contributed by atoms with Gasteiger partial charge in [0.25, 0.3) is 0 Å². The van der Waals surface area contributed by atoms with Gasteiger partial charge in [0.15, 0.2) is 0 Å². The van der Waals surface area contributed by atoms with E-state index in [2.05, 4.69) is 0 Å². The third-order valence-corrected chi connectivity index (χ3v) is 2.50. The molecule has 2 nitrogen and oxygen atoms in total. The van der Waals surface area contributed by atoms with Crippen molar-refractivity contribution >= 4 is 22.9 Å². The molecule has 1 aromatic rings.